The first-order valence-corrected chi connectivity index (χ1v) is 6.86. The molecule has 1 N–H and O–H groups in total. The van der Waals surface area contributed by atoms with Crippen LogP contribution in [0.1, 0.15) is 5.69 Å². The molecular formula is C8H13N3S2. The maximum Gasteiger partial charge on any atom is 0.203 e. The number of nitrogens with zero attached hydrogens (tertiary/aromatic N) is 2. The lowest BCUT2D eigenvalue weighted by molar-refractivity contribution is 0.846. The minimum Gasteiger partial charge on any atom is -0.341 e. The minimum absolute atomic E-state index is 1.03. The zero-order valence-electron chi connectivity index (χ0n) is 7.62. The number of aromatic nitrogens is 2. The molecule has 72 valence electrons. The van der Waals surface area contributed by atoms with Crippen LogP contribution in [0.2, 0.25) is 0 Å². The maximum absolute atomic E-state index is 4.33. The molecule has 0 aromatic carbocycles. The summed E-state index contributed by atoms with van der Waals surface area (Å²) in [6.45, 7) is 4.24. The molecular weight excluding hydrogens is 202 g/mol. The van der Waals surface area contributed by atoms with Gasteiger partial charge in [-0.25, -0.2) is 4.98 Å². The summed E-state index contributed by atoms with van der Waals surface area (Å²) in [6, 6.07) is 0. The number of imidazole rings is 1. The predicted molar refractivity (Wildman–Crippen MR) is 60.5 cm³/mol. The number of H-pyrrole nitrogens is 1. The van der Waals surface area contributed by atoms with Gasteiger partial charge in [-0.1, -0.05) is 21.6 Å². The van der Waals surface area contributed by atoms with E-state index in [1.54, 1.807) is 0 Å². The SMILES string of the molecule is Cc1cnc(N2CCSSCC2)[nH]1. The highest BCUT2D eigenvalue weighted by Gasteiger charge is 2.12. The average molecular weight is 215 g/mol. The monoisotopic (exact) mass is 215 g/mol. The predicted octanol–water partition coefficient (Wildman–Crippen LogP) is 1.92. The minimum atomic E-state index is 1.03. The number of aromatic amines is 1. The molecule has 0 radical (unpaired) electrons. The zero-order chi connectivity index (χ0) is 9.10. The molecule has 1 aromatic rings. The molecule has 2 heterocycles. The van der Waals surface area contributed by atoms with Gasteiger partial charge in [-0.05, 0) is 6.92 Å². The molecule has 5 heteroatoms. The van der Waals surface area contributed by atoms with Gasteiger partial charge in [0.05, 0.1) is 0 Å². The average Bonchev–Trinajstić information content (AvgIpc) is 2.43. The molecule has 0 amide bonds. The van der Waals surface area contributed by atoms with E-state index in [4.69, 9.17) is 0 Å². The standard InChI is InChI=1S/C8H13N3S2/c1-7-6-9-8(10-7)11-2-4-12-13-5-3-11/h6H,2-5H2,1H3,(H,9,10). The fourth-order valence-electron chi connectivity index (χ4n) is 1.30. The summed E-state index contributed by atoms with van der Waals surface area (Å²) in [7, 11) is 3.91. The molecule has 0 aliphatic carbocycles. The van der Waals surface area contributed by atoms with Crippen molar-refractivity contribution in [3.8, 4) is 0 Å². The Hall–Kier alpha value is -0.290. The van der Waals surface area contributed by atoms with E-state index in [0.29, 0.717) is 0 Å². The van der Waals surface area contributed by atoms with Crippen LogP contribution < -0.4 is 4.90 Å². The van der Waals surface area contributed by atoms with Crippen molar-refractivity contribution in [3.63, 3.8) is 0 Å². The quantitative estimate of drug-likeness (QED) is 0.725. The number of aryl methyl sites for hydroxylation is 1. The molecule has 0 atom stereocenters. The largest absolute Gasteiger partial charge is 0.341 e. The van der Waals surface area contributed by atoms with Gasteiger partial charge in [0.2, 0.25) is 5.95 Å². The highest BCUT2D eigenvalue weighted by atomic mass is 33.1. The van der Waals surface area contributed by atoms with E-state index in [0.717, 1.165) is 24.7 Å². The Morgan fingerprint density at radius 3 is 2.62 bits per heavy atom. The summed E-state index contributed by atoms with van der Waals surface area (Å²) in [5.74, 6) is 3.40. The second-order valence-electron chi connectivity index (χ2n) is 3.02. The fraction of sp³-hybridized carbons (Fsp3) is 0.625. The molecule has 1 saturated heterocycles. The molecule has 1 aliphatic rings. The van der Waals surface area contributed by atoms with Crippen LogP contribution in [-0.2, 0) is 0 Å². The molecule has 0 spiro atoms. The number of rotatable bonds is 1. The molecule has 1 fully saturated rings. The maximum atomic E-state index is 4.33. The second-order valence-corrected chi connectivity index (χ2v) is 5.72. The summed E-state index contributed by atoms with van der Waals surface area (Å²) in [6.07, 6.45) is 1.89. The van der Waals surface area contributed by atoms with Crippen LogP contribution in [0.25, 0.3) is 0 Å². The topological polar surface area (TPSA) is 31.9 Å². The van der Waals surface area contributed by atoms with Crippen LogP contribution in [0.4, 0.5) is 5.95 Å². The van der Waals surface area contributed by atoms with E-state index in [-0.39, 0.29) is 0 Å². The van der Waals surface area contributed by atoms with Gasteiger partial charge in [-0.2, -0.15) is 0 Å². The van der Waals surface area contributed by atoms with E-state index < -0.39 is 0 Å². The summed E-state index contributed by atoms with van der Waals surface area (Å²) in [5, 5.41) is 0. The van der Waals surface area contributed by atoms with Crippen molar-refractivity contribution in [2.24, 2.45) is 0 Å². The molecule has 2 rings (SSSR count). The first-order valence-electron chi connectivity index (χ1n) is 4.37. The Labute approximate surface area is 86.1 Å². The van der Waals surface area contributed by atoms with E-state index in [1.165, 1.54) is 11.5 Å². The lowest BCUT2D eigenvalue weighted by atomic mass is 10.5. The first kappa shape index (κ1) is 9.27. The van der Waals surface area contributed by atoms with Crippen molar-refractivity contribution < 1.29 is 0 Å². The van der Waals surface area contributed by atoms with E-state index in [9.17, 15) is 0 Å². The van der Waals surface area contributed by atoms with Gasteiger partial charge in [0.25, 0.3) is 0 Å². The Bertz CT molecular complexity index is 266. The number of anilines is 1. The van der Waals surface area contributed by atoms with Crippen molar-refractivity contribution in [1.29, 1.82) is 0 Å². The smallest absolute Gasteiger partial charge is 0.203 e. The summed E-state index contributed by atoms with van der Waals surface area (Å²) < 4.78 is 0. The van der Waals surface area contributed by atoms with Crippen molar-refractivity contribution >= 4 is 27.5 Å². The highest BCUT2D eigenvalue weighted by Crippen LogP contribution is 2.25. The normalized spacial score (nSPS) is 18.7. The Morgan fingerprint density at radius 1 is 1.38 bits per heavy atom. The van der Waals surface area contributed by atoms with Crippen LogP contribution in [0.15, 0.2) is 6.20 Å². The van der Waals surface area contributed by atoms with E-state index >= 15 is 0 Å². The fourth-order valence-corrected chi connectivity index (χ4v) is 3.28. The molecule has 1 aromatic heterocycles. The second kappa shape index (κ2) is 4.28. The van der Waals surface area contributed by atoms with Crippen LogP contribution in [0.5, 0.6) is 0 Å². The zero-order valence-corrected chi connectivity index (χ0v) is 9.25. The van der Waals surface area contributed by atoms with Gasteiger partial charge in [-0.3, -0.25) is 0 Å². The van der Waals surface area contributed by atoms with Crippen LogP contribution in [0, 0.1) is 6.92 Å². The molecule has 1 aliphatic heterocycles. The molecule has 0 saturated carbocycles. The number of hydrogen-bond donors (Lipinski definition) is 1. The van der Waals surface area contributed by atoms with Gasteiger partial charge in [0.1, 0.15) is 0 Å². The first-order chi connectivity index (χ1) is 6.36. The van der Waals surface area contributed by atoms with E-state index in [2.05, 4.69) is 14.9 Å². The van der Waals surface area contributed by atoms with Gasteiger partial charge < -0.3 is 9.88 Å². The van der Waals surface area contributed by atoms with Crippen molar-refractivity contribution in [2.45, 2.75) is 6.92 Å². The van der Waals surface area contributed by atoms with Gasteiger partial charge in [-0.15, -0.1) is 0 Å². The lowest BCUT2D eigenvalue weighted by Crippen LogP contribution is -2.27. The summed E-state index contributed by atoms with van der Waals surface area (Å²) in [5.41, 5.74) is 1.14. The van der Waals surface area contributed by atoms with Crippen molar-refractivity contribution in [1.82, 2.24) is 9.97 Å². The van der Waals surface area contributed by atoms with Gasteiger partial charge in [0, 0.05) is 36.5 Å². The van der Waals surface area contributed by atoms with Crippen LogP contribution in [-0.4, -0.2) is 34.6 Å². The third-order valence-corrected chi connectivity index (χ3v) is 4.33. The third kappa shape index (κ3) is 2.34. The molecule has 3 nitrogen and oxygen atoms in total. The third-order valence-electron chi connectivity index (χ3n) is 1.96. The summed E-state index contributed by atoms with van der Waals surface area (Å²) >= 11 is 0. The van der Waals surface area contributed by atoms with Gasteiger partial charge >= 0.3 is 0 Å². The molecule has 0 unspecified atom stereocenters. The Morgan fingerprint density at radius 2 is 2.08 bits per heavy atom. The summed E-state index contributed by atoms with van der Waals surface area (Å²) in [4.78, 5) is 9.92. The van der Waals surface area contributed by atoms with Crippen molar-refractivity contribution in [2.75, 3.05) is 29.5 Å². The van der Waals surface area contributed by atoms with Crippen molar-refractivity contribution in [3.05, 3.63) is 11.9 Å². The number of hydrogen-bond acceptors (Lipinski definition) is 4. The van der Waals surface area contributed by atoms with Crippen LogP contribution >= 0.6 is 21.6 Å². The highest BCUT2D eigenvalue weighted by molar-refractivity contribution is 8.76. The number of nitrogens with one attached hydrogen (secondary N) is 1. The lowest BCUT2D eigenvalue weighted by Gasteiger charge is -2.17. The molecule has 0 bridgehead atoms. The van der Waals surface area contributed by atoms with Gasteiger partial charge in [0.15, 0.2) is 0 Å². The molecule has 13 heavy (non-hydrogen) atoms. The Kier molecular flexibility index (Phi) is 3.05. The Balaban J connectivity index is 2.06. The van der Waals surface area contributed by atoms with E-state index in [1.807, 2.05) is 34.7 Å². The van der Waals surface area contributed by atoms with Crippen LogP contribution in [0.3, 0.4) is 0 Å².